The fourth-order valence-corrected chi connectivity index (χ4v) is 4.61. The van der Waals surface area contributed by atoms with Gasteiger partial charge in [-0.2, -0.15) is 14.6 Å². The molecule has 0 fully saturated rings. The van der Waals surface area contributed by atoms with Gasteiger partial charge in [0.25, 0.3) is 0 Å². The first-order valence-corrected chi connectivity index (χ1v) is 10.5. The maximum absolute atomic E-state index is 13.6. The topological polar surface area (TPSA) is 87.5 Å². The van der Waals surface area contributed by atoms with Gasteiger partial charge in [0, 0.05) is 46.1 Å². The highest BCUT2D eigenvalue weighted by atomic mass is 32.1. The van der Waals surface area contributed by atoms with Crippen molar-refractivity contribution in [2.75, 3.05) is 6.54 Å². The standard InChI is InChI=1S/C22H16FN7S/c1-30-11-12(8-26-30)17-7-14-16(4-5-25-17)28-29-22(14)18-6-13-15(9-24-10-19(13)27-18)20-2-3-21(23)31-20/h2-4,6-11,27-28H,5H2,1H3. The van der Waals surface area contributed by atoms with E-state index in [1.165, 1.54) is 6.07 Å². The van der Waals surface area contributed by atoms with Crippen LogP contribution in [-0.2, 0) is 7.05 Å². The van der Waals surface area contributed by atoms with Crippen LogP contribution in [0.2, 0.25) is 0 Å². The number of nitrogens with zero attached hydrogens (tertiary/aromatic N) is 5. The number of nitrogens with one attached hydrogen (secondary N) is 2. The van der Waals surface area contributed by atoms with Crippen molar-refractivity contribution in [3.05, 3.63) is 64.2 Å². The molecule has 7 nitrogen and oxygen atoms in total. The van der Waals surface area contributed by atoms with Crippen LogP contribution in [0, 0.1) is 5.13 Å². The number of rotatable bonds is 3. The van der Waals surface area contributed by atoms with Crippen molar-refractivity contribution in [2.24, 2.45) is 12.0 Å². The Bertz CT molecular complexity index is 1600. The fraction of sp³-hybridized carbons (Fsp3) is 0.0909. The van der Waals surface area contributed by atoms with Crippen molar-refractivity contribution in [1.82, 2.24) is 29.9 Å². The van der Waals surface area contributed by atoms with Gasteiger partial charge in [0.15, 0.2) is 5.13 Å². The van der Waals surface area contributed by atoms with Crippen molar-refractivity contribution >= 4 is 40.1 Å². The van der Waals surface area contributed by atoms with E-state index in [2.05, 4.69) is 30.3 Å². The number of H-pyrrole nitrogens is 2. The number of thiophene rings is 1. The van der Waals surface area contributed by atoms with Crippen LogP contribution in [0.25, 0.3) is 44.9 Å². The van der Waals surface area contributed by atoms with Gasteiger partial charge in [0.05, 0.1) is 41.2 Å². The summed E-state index contributed by atoms with van der Waals surface area (Å²) in [4.78, 5) is 13.3. The van der Waals surface area contributed by atoms with E-state index in [1.807, 2.05) is 31.5 Å². The Morgan fingerprint density at radius 3 is 2.94 bits per heavy atom. The predicted octanol–water partition coefficient (Wildman–Crippen LogP) is 2.62. The molecule has 2 N–H and O–H groups in total. The number of halogens is 1. The second kappa shape index (κ2) is 6.85. The Labute approximate surface area is 179 Å². The van der Waals surface area contributed by atoms with Crippen LogP contribution in [-0.4, -0.2) is 42.2 Å². The Morgan fingerprint density at radius 1 is 1.19 bits per heavy atom. The van der Waals surface area contributed by atoms with E-state index < -0.39 is 0 Å². The van der Waals surface area contributed by atoms with Gasteiger partial charge in [-0.25, -0.2) is 0 Å². The molecule has 0 atom stereocenters. The van der Waals surface area contributed by atoms with E-state index in [0.717, 1.165) is 65.9 Å². The van der Waals surface area contributed by atoms with Gasteiger partial charge in [0.1, 0.15) is 5.69 Å². The second-order valence-corrected chi connectivity index (χ2v) is 8.35. The number of hydrogen-bond acceptors (Lipinski definition) is 5. The van der Waals surface area contributed by atoms with Crippen LogP contribution in [0.1, 0.15) is 5.56 Å². The number of aromatic nitrogens is 6. The lowest BCUT2D eigenvalue weighted by atomic mass is 10.1. The lowest BCUT2D eigenvalue weighted by Gasteiger charge is -1.98. The van der Waals surface area contributed by atoms with Crippen molar-refractivity contribution in [2.45, 2.75) is 0 Å². The normalized spacial score (nSPS) is 13.4. The zero-order valence-electron chi connectivity index (χ0n) is 16.4. The summed E-state index contributed by atoms with van der Waals surface area (Å²) in [6, 6.07) is 5.30. The molecule has 9 heteroatoms. The number of aliphatic imine (C=N–C) groups is 1. The Morgan fingerprint density at radius 2 is 2.13 bits per heavy atom. The van der Waals surface area contributed by atoms with Gasteiger partial charge in [0.2, 0.25) is 0 Å². The molecule has 6 heterocycles. The Hall–Kier alpha value is -3.85. The highest BCUT2D eigenvalue weighted by molar-refractivity contribution is 7.14. The summed E-state index contributed by atoms with van der Waals surface area (Å²) in [6.45, 7) is 0.556. The summed E-state index contributed by atoms with van der Waals surface area (Å²) in [5.41, 5.74) is 5.23. The number of aryl methyl sites for hydroxylation is 1. The Kier molecular flexibility index (Phi) is 3.97. The minimum absolute atomic E-state index is 0.215. The molecule has 0 amide bonds. The molecule has 5 aromatic rings. The average molecular weight is 429 g/mol. The van der Waals surface area contributed by atoms with E-state index in [9.17, 15) is 4.39 Å². The van der Waals surface area contributed by atoms with Gasteiger partial charge < -0.3 is 4.98 Å². The molecule has 0 spiro atoms. The van der Waals surface area contributed by atoms with Crippen LogP contribution in [0.5, 0.6) is 0 Å². The number of hydrogen-bond donors (Lipinski definition) is 2. The molecular formula is C22H16FN7S. The van der Waals surface area contributed by atoms with E-state index in [0.29, 0.717) is 6.54 Å². The largest absolute Gasteiger partial charge is 0.352 e. The zero-order valence-corrected chi connectivity index (χ0v) is 17.2. The molecular weight excluding hydrogens is 413 g/mol. The van der Waals surface area contributed by atoms with Crippen molar-refractivity contribution < 1.29 is 4.39 Å². The van der Waals surface area contributed by atoms with Crippen molar-refractivity contribution in [3.8, 4) is 21.8 Å². The van der Waals surface area contributed by atoms with Crippen LogP contribution in [0.3, 0.4) is 0 Å². The third kappa shape index (κ3) is 3.01. The van der Waals surface area contributed by atoms with Crippen LogP contribution >= 0.6 is 11.3 Å². The smallest absolute Gasteiger partial charge is 0.176 e. The van der Waals surface area contributed by atoms with Gasteiger partial charge >= 0.3 is 0 Å². The molecule has 152 valence electrons. The van der Waals surface area contributed by atoms with Gasteiger partial charge in [-0.3, -0.25) is 19.8 Å². The third-order valence-corrected chi connectivity index (χ3v) is 6.22. The SMILES string of the molecule is Cn1cc(C2=NCC=c3[nH]nc(-c4cc5c(-c6ccc(F)s6)cncc5[nH]4)c3=C2)cn1. The van der Waals surface area contributed by atoms with Crippen molar-refractivity contribution in [1.29, 1.82) is 0 Å². The molecule has 6 rings (SSSR count). The highest BCUT2D eigenvalue weighted by Gasteiger charge is 2.15. The first-order chi connectivity index (χ1) is 15.2. The summed E-state index contributed by atoms with van der Waals surface area (Å²) in [5.74, 6) is 0. The quantitative estimate of drug-likeness (QED) is 0.462. The molecule has 31 heavy (non-hydrogen) atoms. The predicted molar refractivity (Wildman–Crippen MR) is 120 cm³/mol. The third-order valence-electron chi connectivity index (χ3n) is 5.31. The molecule has 5 aromatic heterocycles. The minimum Gasteiger partial charge on any atom is -0.352 e. The van der Waals surface area contributed by atoms with Crippen LogP contribution in [0.15, 0.2) is 48.0 Å². The molecule has 0 aromatic carbocycles. The molecule has 0 saturated carbocycles. The van der Waals surface area contributed by atoms with Gasteiger partial charge in [-0.05, 0) is 30.4 Å². The maximum Gasteiger partial charge on any atom is 0.176 e. The lowest BCUT2D eigenvalue weighted by Crippen LogP contribution is -2.24. The summed E-state index contributed by atoms with van der Waals surface area (Å²) < 4.78 is 15.4. The van der Waals surface area contributed by atoms with E-state index in [1.54, 1.807) is 29.3 Å². The molecule has 0 aliphatic carbocycles. The van der Waals surface area contributed by atoms with Crippen molar-refractivity contribution in [3.63, 3.8) is 0 Å². The summed E-state index contributed by atoms with van der Waals surface area (Å²) >= 11 is 1.11. The zero-order chi connectivity index (χ0) is 20.9. The first kappa shape index (κ1) is 18.0. The van der Waals surface area contributed by atoms with E-state index >= 15 is 0 Å². The number of pyridine rings is 1. The summed E-state index contributed by atoms with van der Waals surface area (Å²) in [6.07, 6.45) is 11.4. The van der Waals surface area contributed by atoms with Gasteiger partial charge in [-0.1, -0.05) is 0 Å². The lowest BCUT2D eigenvalue weighted by molar-refractivity contribution is 0.657. The molecule has 1 aliphatic heterocycles. The second-order valence-electron chi connectivity index (χ2n) is 7.31. The first-order valence-electron chi connectivity index (χ1n) is 9.68. The van der Waals surface area contributed by atoms with Crippen LogP contribution < -0.4 is 10.6 Å². The summed E-state index contributed by atoms with van der Waals surface area (Å²) in [5, 5.41) is 14.6. The van der Waals surface area contributed by atoms with E-state index in [-0.39, 0.29) is 5.13 Å². The molecule has 1 aliphatic rings. The molecule has 0 unspecified atom stereocenters. The molecule has 0 saturated heterocycles. The fourth-order valence-electron chi connectivity index (χ4n) is 3.85. The Balaban J connectivity index is 1.52. The van der Waals surface area contributed by atoms with Crippen LogP contribution in [0.4, 0.5) is 4.39 Å². The van der Waals surface area contributed by atoms with Gasteiger partial charge in [-0.15, -0.1) is 11.3 Å². The number of aromatic amines is 2. The highest BCUT2D eigenvalue weighted by Crippen LogP contribution is 2.34. The number of fused-ring (bicyclic) bond motifs is 2. The monoisotopic (exact) mass is 429 g/mol. The maximum atomic E-state index is 13.6. The van der Waals surface area contributed by atoms with E-state index in [4.69, 9.17) is 0 Å². The minimum atomic E-state index is -0.215. The average Bonchev–Trinajstić information content (AvgIpc) is 3.53. The molecule has 0 bridgehead atoms. The summed E-state index contributed by atoms with van der Waals surface area (Å²) in [7, 11) is 1.89. The molecule has 0 radical (unpaired) electrons.